The van der Waals surface area contributed by atoms with E-state index in [2.05, 4.69) is 15.4 Å². The van der Waals surface area contributed by atoms with Gasteiger partial charge in [0.15, 0.2) is 5.82 Å². The summed E-state index contributed by atoms with van der Waals surface area (Å²) in [5.74, 6) is 0.147. The molecule has 1 amide bonds. The average molecular weight is 404 g/mol. The molecule has 1 aromatic heterocycles. The van der Waals surface area contributed by atoms with Gasteiger partial charge in [-0.1, -0.05) is 24.3 Å². The highest BCUT2D eigenvalue weighted by Gasteiger charge is 2.36. The first-order chi connectivity index (χ1) is 14.3. The van der Waals surface area contributed by atoms with Crippen LogP contribution in [0.3, 0.4) is 0 Å². The molecule has 0 saturated heterocycles. The molecule has 1 atom stereocenters. The van der Waals surface area contributed by atoms with Crippen molar-refractivity contribution >= 4 is 17.5 Å². The Morgan fingerprint density at radius 3 is 2.57 bits per heavy atom. The van der Waals surface area contributed by atoms with Crippen LogP contribution in [0.25, 0.3) is 11.4 Å². The number of nitro benzene ring substituents is 1. The topological polar surface area (TPSA) is 129 Å². The predicted molar refractivity (Wildman–Crippen MR) is 112 cm³/mol. The van der Waals surface area contributed by atoms with Crippen LogP contribution in [0.4, 0.5) is 11.6 Å². The number of nitrogens with zero attached hydrogens (tertiary/aromatic N) is 4. The molecule has 30 heavy (non-hydrogen) atoms. The number of aryl methyl sites for hydroxylation is 2. The summed E-state index contributed by atoms with van der Waals surface area (Å²) in [6.45, 7) is 5.71. The molecular weight excluding hydrogens is 384 g/mol. The smallest absolute Gasteiger partial charge is 0.275 e. The Balaban J connectivity index is 1.93. The molecule has 4 rings (SSSR count). The Hall–Kier alpha value is -4.01. The van der Waals surface area contributed by atoms with E-state index < -0.39 is 16.9 Å². The first-order valence-corrected chi connectivity index (χ1v) is 9.33. The second kappa shape index (κ2) is 7.11. The molecule has 0 saturated carbocycles. The van der Waals surface area contributed by atoms with Gasteiger partial charge in [0.1, 0.15) is 6.04 Å². The number of aromatic nitrogens is 3. The van der Waals surface area contributed by atoms with Gasteiger partial charge < -0.3 is 11.1 Å². The lowest BCUT2D eigenvalue weighted by molar-refractivity contribution is -0.385. The van der Waals surface area contributed by atoms with E-state index in [1.807, 2.05) is 32.0 Å². The number of carbonyl (C=O) groups excluding carboxylic acids is 1. The van der Waals surface area contributed by atoms with Crippen LogP contribution in [0, 0.1) is 24.0 Å². The Labute approximate surface area is 172 Å². The third kappa shape index (κ3) is 3.10. The molecule has 3 N–H and O–H groups in total. The number of para-hydroxylation sites is 1. The van der Waals surface area contributed by atoms with E-state index in [0.29, 0.717) is 23.0 Å². The fourth-order valence-corrected chi connectivity index (χ4v) is 3.65. The van der Waals surface area contributed by atoms with Crippen LogP contribution < -0.4 is 11.1 Å². The summed E-state index contributed by atoms with van der Waals surface area (Å²) in [5, 5.41) is 19.3. The maximum Gasteiger partial charge on any atom is 0.275 e. The maximum atomic E-state index is 12.3. The molecule has 0 radical (unpaired) electrons. The molecule has 3 aromatic rings. The number of primary amides is 1. The molecule has 2 aromatic carbocycles. The number of fused-ring (bicyclic) bond motifs is 1. The summed E-state index contributed by atoms with van der Waals surface area (Å²) in [6.07, 6.45) is 0. The number of hydrogen-bond donors (Lipinski definition) is 2. The van der Waals surface area contributed by atoms with E-state index >= 15 is 0 Å². The molecule has 0 bridgehead atoms. The molecule has 0 spiro atoms. The molecule has 0 aliphatic carbocycles. The lowest BCUT2D eigenvalue weighted by atomic mass is 9.94. The number of anilines is 1. The minimum Gasteiger partial charge on any atom is -0.366 e. The molecule has 0 fully saturated rings. The Morgan fingerprint density at radius 2 is 1.90 bits per heavy atom. The lowest BCUT2D eigenvalue weighted by Gasteiger charge is -2.27. The van der Waals surface area contributed by atoms with Crippen LogP contribution in [-0.4, -0.2) is 25.6 Å². The Kier molecular flexibility index (Phi) is 4.57. The number of nitro groups is 1. The van der Waals surface area contributed by atoms with E-state index in [1.165, 1.54) is 10.7 Å². The van der Waals surface area contributed by atoms with Crippen molar-refractivity contribution in [2.45, 2.75) is 26.8 Å². The number of nitrogens with one attached hydrogen (secondary N) is 1. The Bertz CT molecular complexity index is 1230. The van der Waals surface area contributed by atoms with Crippen molar-refractivity contribution in [2.24, 2.45) is 5.73 Å². The highest BCUT2D eigenvalue weighted by Crippen LogP contribution is 2.39. The largest absolute Gasteiger partial charge is 0.366 e. The minimum atomic E-state index is -0.867. The van der Waals surface area contributed by atoms with Crippen molar-refractivity contribution in [1.82, 2.24) is 14.8 Å². The second-order valence-electron chi connectivity index (χ2n) is 7.25. The fourth-order valence-electron chi connectivity index (χ4n) is 3.65. The van der Waals surface area contributed by atoms with Crippen molar-refractivity contribution in [1.29, 1.82) is 0 Å². The number of hydrogen-bond acceptors (Lipinski definition) is 6. The van der Waals surface area contributed by atoms with Gasteiger partial charge in [-0.05, 0) is 44.0 Å². The van der Waals surface area contributed by atoms with E-state index in [9.17, 15) is 14.9 Å². The molecule has 1 unspecified atom stereocenters. The monoisotopic (exact) mass is 404 g/mol. The van der Waals surface area contributed by atoms with Gasteiger partial charge in [-0.25, -0.2) is 4.68 Å². The first kappa shape index (κ1) is 19.3. The first-order valence-electron chi connectivity index (χ1n) is 9.33. The zero-order chi connectivity index (χ0) is 21.6. The van der Waals surface area contributed by atoms with Crippen molar-refractivity contribution in [3.05, 3.63) is 80.5 Å². The SMILES string of the molecule is CC1=C(C(N)=O)C(c2ccccc2[N+](=O)[O-])n2nc(-c3ccc(C)c(C)c3)nc2N1. The molecule has 9 nitrogen and oxygen atoms in total. The van der Waals surface area contributed by atoms with E-state index in [0.717, 1.165) is 16.7 Å². The lowest BCUT2D eigenvalue weighted by Crippen LogP contribution is -2.32. The minimum absolute atomic E-state index is 0.120. The molecule has 2 heterocycles. The zero-order valence-electron chi connectivity index (χ0n) is 16.7. The third-order valence-corrected chi connectivity index (χ3v) is 5.31. The van der Waals surface area contributed by atoms with Crippen LogP contribution in [0.5, 0.6) is 0 Å². The second-order valence-corrected chi connectivity index (χ2v) is 7.25. The summed E-state index contributed by atoms with van der Waals surface area (Å²) in [5.41, 5.74) is 9.58. The van der Waals surface area contributed by atoms with Gasteiger partial charge in [-0.3, -0.25) is 14.9 Å². The van der Waals surface area contributed by atoms with Gasteiger partial charge in [-0.15, -0.1) is 5.10 Å². The van der Waals surface area contributed by atoms with Gasteiger partial charge in [0.25, 0.3) is 5.69 Å². The summed E-state index contributed by atoms with van der Waals surface area (Å²) in [6, 6.07) is 11.3. The summed E-state index contributed by atoms with van der Waals surface area (Å²) >= 11 is 0. The summed E-state index contributed by atoms with van der Waals surface area (Å²) in [7, 11) is 0. The molecule has 1 aliphatic heterocycles. The number of nitrogens with two attached hydrogens (primary N) is 1. The predicted octanol–water partition coefficient (Wildman–Crippen LogP) is 3.24. The molecule has 9 heteroatoms. The van der Waals surface area contributed by atoms with Gasteiger partial charge in [0.2, 0.25) is 11.9 Å². The van der Waals surface area contributed by atoms with Crippen LogP contribution in [0.1, 0.15) is 29.7 Å². The maximum absolute atomic E-state index is 12.3. The van der Waals surface area contributed by atoms with Crippen molar-refractivity contribution in [2.75, 3.05) is 5.32 Å². The molecule has 152 valence electrons. The zero-order valence-corrected chi connectivity index (χ0v) is 16.7. The van der Waals surface area contributed by atoms with Crippen LogP contribution in [0.2, 0.25) is 0 Å². The van der Waals surface area contributed by atoms with Crippen LogP contribution in [0.15, 0.2) is 53.7 Å². The van der Waals surface area contributed by atoms with Gasteiger partial charge in [0, 0.05) is 17.3 Å². The molecular formula is C21H20N6O3. The average Bonchev–Trinajstić information content (AvgIpc) is 3.12. The number of amides is 1. The number of benzene rings is 2. The number of rotatable bonds is 4. The highest BCUT2D eigenvalue weighted by molar-refractivity contribution is 5.95. The van der Waals surface area contributed by atoms with Crippen molar-refractivity contribution in [3.8, 4) is 11.4 Å². The van der Waals surface area contributed by atoms with E-state index in [-0.39, 0.29) is 11.3 Å². The van der Waals surface area contributed by atoms with Crippen molar-refractivity contribution in [3.63, 3.8) is 0 Å². The highest BCUT2D eigenvalue weighted by atomic mass is 16.6. The van der Waals surface area contributed by atoms with E-state index in [4.69, 9.17) is 5.73 Å². The number of carbonyl (C=O) groups is 1. The van der Waals surface area contributed by atoms with Crippen LogP contribution in [-0.2, 0) is 4.79 Å². The molecule has 1 aliphatic rings. The standard InChI is InChI=1S/C21H20N6O3/c1-11-8-9-14(10-12(11)2)20-24-21-23-13(3)17(19(22)28)18(26(21)25-20)15-6-4-5-7-16(15)27(29)30/h4-10,18H,1-3H3,(H2,22,28)(H,23,24,25). The summed E-state index contributed by atoms with van der Waals surface area (Å²) < 4.78 is 1.49. The van der Waals surface area contributed by atoms with Gasteiger partial charge >= 0.3 is 0 Å². The summed E-state index contributed by atoms with van der Waals surface area (Å²) in [4.78, 5) is 28.0. The van der Waals surface area contributed by atoms with Crippen LogP contribution >= 0.6 is 0 Å². The fraction of sp³-hybridized carbons (Fsp3) is 0.190. The Morgan fingerprint density at radius 1 is 1.17 bits per heavy atom. The van der Waals surface area contributed by atoms with Gasteiger partial charge in [-0.2, -0.15) is 4.98 Å². The van der Waals surface area contributed by atoms with Crippen molar-refractivity contribution < 1.29 is 9.72 Å². The number of allylic oxidation sites excluding steroid dienone is 1. The third-order valence-electron chi connectivity index (χ3n) is 5.31. The van der Waals surface area contributed by atoms with E-state index in [1.54, 1.807) is 25.1 Å². The van der Waals surface area contributed by atoms with Gasteiger partial charge in [0.05, 0.1) is 16.1 Å². The normalized spacial score (nSPS) is 15.5. The quantitative estimate of drug-likeness (QED) is 0.507.